The average molecular weight is 472 g/mol. The summed E-state index contributed by atoms with van der Waals surface area (Å²) in [6.45, 7) is 2.99. The van der Waals surface area contributed by atoms with Crippen molar-refractivity contribution in [2.45, 2.75) is 4.90 Å². The maximum absolute atomic E-state index is 12.8. The molecule has 1 fully saturated rings. The number of rotatable bonds is 7. The van der Waals surface area contributed by atoms with Crippen molar-refractivity contribution in [3.63, 3.8) is 0 Å². The van der Waals surface area contributed by atoms with E-state index in [0.29, 0.717) is 60.6 Å². The van der Waals surface area contributed by atoms with Crippen molar-refractivity contribution < 1.29 is 17.9 Å². The van der Waals surface area contributed by atoms with Crippen LogP contribution in [0.15, 0.2) is 47.4 Å². The summed E-state index contributed by atoms with van der Waals surface area (Å²) in [5, 5.41) is 3.61. The fourth-order valence-corrected chi connectivity index (χ4v) is 4.98. The second-order valence-corrected chi connectivity index (χ2v) is 9.58. The van der Waals surface area contributed by atoms with Gasteiger partial charge in [0.25, 0.3) is 5.91 Å². The fourth-order valence-electron chi connectivity index (χ4n) is 3.18. The molecule has 0 unspecified atom stereocenters. The molecule has 0 aromatic heterocycles. The zero-order valence-corrected chi connectivity index (χ0v) is 18.8. The van der Waals surface area contributed by atoms with Gasteiger partial charge in [0.05, 0.1) is 22.6 Å². The van der Waals surface area contributed by atoms with E-state index in [1.807, 2.05) is 0 Å². The fraction of sp³-hybridized carbons (Fsp3) is 0.350. The lowest BCUT2D eigenvalue weighted by molar-refractivity contribution is 0.0945. The molecule has 2 aromatic rings. The topological polar surface area (TPSA) is 79.0 Å². The van der Waals surface area contributed by atoms with Crippen molar-refractivity contribution in [2.24, 2.45) is 0 Å². The zero-order valence-electron chi connectivity index (χ0n) is 16.5. The molecule has 0 aliphatic carbocycles. The molecule has 0 saturated carbocycles. The minimum absolute atomic E-state index is 0.252. The number of carbonyl (C=O) groups is 1. The first-order valence-electron chi connectivity index (χ1n) is 9.41. The molecule has 1 amide bonds. The largest absolute Gasteiger partial charge is 0.497 e. The first kappa shape index (κ1) is 22.8. The van der Waals surface area contributed by atoms with E-state index in [1.54, 1.807) is 36.4 Å². The molecule has 0 bridgehead atoms. The van der Waals surface area contributed by atoms with E-state index >= 15 is 0 Å². The Labute approximate surface area is 186 Å². The molecule has 10 heteroatoms. The minimum Gasteiger partial charge on any atom is -0.497 e. The predicted molar refractivity (Wildman–Crippen MR) is 117 cm³/mol. The molecule has 30 heavy (non-hydrogen) atoms. The van der Waals surface area contributed by atoms with Gasteiger partial charge in [0.1, 0.15) is 5.75 Å². The van der Waals surface area contributed by atoms with Crippen LogP contribution in [0, 0.1) is 0 Å². The van der Waals surface area contributed by atoms with Crippen molar-refractivity contribution in [2.75, 3.05) is 46.4 Å². The van der Waals surface area contributed by atoms with Crippen LogP contribution in [0.4, 0.5) is 0 Å². The molecule has 2 aromatic carbocycles. The number of nitrogens with zero attached hydrogens (tertiary/aromatic N) is 2. The van der Waals surface area contributed by atoms with Gasteiger partial charge in [-0.15, -0.1) is 0 Å². The molecule has 1 N–H and O–H groups in total. The summed E-state index contributed by atoms with van der Waals surface area (Å²) >= 11 is 12.0. The van der Waals surface area contributed by atoms with Gasteiger partial charge in [0, 0.05) is 44.3 Å². The van der Waals surface area contributed by atoms with Crippen LogP contribution < -0.4 is 10.1 Å². The second kappa shape index (κ2) is 9.98. The number of nitrogens with one attached hydrogen (secondary N) is 1. The second-order valence-electron chi connectivity index (χ2n) is 6.80. The molecule has 0 radical (unpaired) electrons. The van der Waals surface area contributed by atoms with E-state index in [9.17, 15) is 13.2 Å². The molecule has 0 atom stereocenters. The number of amides is 1. The van der Waals surface area contributed by atoms with Crippen molar-refractivity contribution >= 4 is 39.1 Å². The van der Waals surface area contributed by atoms with E-state index in [-0.39, 0.29) is 10.8 Å². The Morgan fingerprint density at radius 1 is 1.07 bits per heavy atom. The van der Waals surface area contributed by atoms with Crippen LogP contribution in [0.3, 0.4) is 0 Å². The van der Waals surface area contributed by atoms with Crippen LogP contribution in [0.2, 0.25) is 10.0 Å². The lowest BCUT2D eigenvalue weighted by Gasteiger charge is -2.34. The van der Waals surface area contributed by atoms with E-state index in [2.05, 4.69) is 10.2 Å². The third kappa shape index (κ3) is 5.44. The minimum atomic E-state index is -3.54. The molecule has 1 aliphatic heterocycles. The van der Waals surface area contributed by atoms with Crippen LogP contribution in [0.5, 0.6) is 5.75 Å². The Bertz CT molecular complexity index is 992. The van der Waals surface area contributed by atoms with E-state index < -0.39 is 10.0 Å². The summed E-state index contributed by atoms with van der Waals surface area (Å²) in [4.78, 5) is 14.6. The molecule has 162 valence electrons. The van der Waals surface area contributed by atoms with Crippen LogP contribution in [0.1, 0.15) is 10.4 Å². The summed E-state index contributed by atoms with van der Waals surface area (Å²) < 4.78 is 32.2. The van der Waals surface area contributed by atoms with Crippen LogP contribution in [-0.2, 0) is 10.0 Å². The third-order valence-electron chi connectivity index (χ3n) is 4.92. The van der Waals surface area contributed by atoms with Gasteiger partial charge in [-0.25, -0.2) is 8.42 Å². The van der Waals surface area contributed by atoms with Crippen LogP contribution in [0.25, 0.3) is 0 Å². The Kier molecular flexibility index (Phi) is 7.60. The number of ether oxygens (including phenoxy) is 1. The molecule has 1 saturated heterocycles. The van der Waals surface area contributed by atoms with Crippen LogP contribution in [-0.4, -0.2) is 69.9 Å². The molecule has 0 spiro atoms. The van der Waals surface area contributed by atoms with Gasteiger partial charge < -0.3 is 10.1 Å². The van der Waals surface area contributed by atoms with Gasteiger partial charge in [-0.2, -0.15) is 4.31 Å². The lowest BCUT2D eigenvalue weighted by atomic mass is 10.2. The van der Waals surface area contributed by atoms with Gasteiger partial charge in [0.2, 0.25) is 10.0 Å². The molecular weight excluding hydrogens is 449 g/mol. The number of sulfonamides is 1. The highest BCUT2D eigenvalue weighted by Gasteiger charge is 2.28. The number of hydrogen-bond donors (Lipinski definition) is 1. The average Bonchev–Trinajstić information content (AvgIpc) is 2.75. The third-order valence-corrected chi connectivity index (χ3v) is 7.39. The smallest absolute Gasteiger partial charge is 0.252 e. The number of hydrogen-bond acceptors (Lipinski definition) is 5. The first-order valence-corrected chi connectivity index (χ1v) is 11.6. The monoisotopic (exact) mass is 471 g/mol. The maximum atomic E-state index is 12.8. The van der Waals surface area contributed by atoms with Gasteiger partial charge in [-0.3, -0.25) is 9.69 Å². The Morgan fingerprint density at radius 2 is 1.73 bits per heavy atom. The van der Waals surface area contributed by atoms with Crippen molar-refractivity contribution in [1.82, 2.24) is 14.5 Å². The van der Waals surface area contributed by atoms with Crippen molar-refractivity contribution in [3.8, 4) is 5.75 Å². The highest BCUT2D eigenvalue weighted by atomic mass is 35.5. The van der Waals surface area contributed by atoms with Crippen molar-refractivity contribution in [1.29, 1.82) is 0 Å². The Hall–Kier alpha value is -1.84. The highest BCUT2D eigenvalue weighted by molar-refractivity contribution is 7.89. The van der Waals surface area contributed by atoms with E-state index in [1.165, 1.54) is 17.5 Å². The van der Waals surface area contributed by atoms with Crippen LogP contribution >= 0.6 is 23.2 Å². The number of halogens is 2. The summed E-state index contributed by atoms with van der Waals surface area (Å²) in [6.07, 6.45) is 0. The summed E-state index contributed by atoms with van der Waals surface area (Å²) in [5.74, 6) is 0.322. The standard InChI is InChI=1S/C20H23Cl2N3O4S/c1-29-16-3-5-17(6-4-16)30(27,28)25-12-10-24(11-13-25)9-8-23-20(26)18-14-15(21)2-7-19(18)22/h2-7,14H,8-13H2,1H3,(H,23,26). The van der Waals surface area contributed by atoms with Gasteiger partial charge >= 0.3 is 0 Å². The number of carbonyl (C=O) groups excluding carboxylic acids is 1. The van der Waals surface area contributed by atoms with Gasteiger partial charge in [-0.1, -0.05) is 23.2 Å². The SMILES string of the molecule is COc1ccc(S(=O)(=O)N2CCN(CCNC(=O)c3cc(Cl)ccc3Cl)CC2)cc1. The number of methoxy groups -OCH3 is 1. The Morgan fingerprint density at radius 3 is 2.37 bits per heavy atom. The van der Waals surface area contributed by atoms with E-state index in [4.69, 9.17) is 27.9 Å². The Balaban J connectivity index is 1.48. The molecule has 1 heterocycles. The predicted octanol–water partition coefficient (Wildman–Crippen LogP) is 2.74. The normalized spacial score (nSPS) is 15.7. The molecular formula is C20H23Cl2N3O4S. The first-order chi connectivity index (χ1) is 14.3. The number of benzene rings is 2. The molecule has 7 nitrogen and oxygen atoms in total. The van der Waals surface area contributed by atoms with E-state index in [0.717, 1.165) is 0 Å². The summed E-state index contributed by atoms with van der Waals surface area (Å²) in [7, 11) is -2.00. The maximum Gasteiger partial charge on any atom is 0.252 e. The quantitative estimate of drug-likeness (QED) is 0.671. The van der Waals surface area contributed by atoms with Gasteiger partial charge in [0.15, 0.2) is 0 Å². The summed E-state index contributed by atoms with van der Waals surface area (Å²) in [5.41, 5.74) is 0.333. The zero-order chi connectivity index (χ0) is 21.7. The molecule has 3 rings (SSSR count). The number of piperazine rings is 1. The van der Waals surface area contributed by atoms with Gasteiger partial charge in [-0.05, 0) is 42.5 Å². The highest BCUT2D eigenvalue weighted by Crippen LogP contribution is 2.21. The molecule has 1 aliphatic rings. The summed E-state index contributed by atoms with van der Waals surface area (Å²) in [6, 6.07) is 11.1. The van der Waals surface area contributed by atoms with Crippen molar-refractivity contribution in [3.05, 3.63) is 58.1 Å². The lowest BCUT2D eigenvalue weighted by Crippen LogP contribution is -2.50.